The van der Waals surface area contributed by atoms with Crippen LogP contribution < -0.4 is 11.1 Å². The number of sulfonamides is 1. The average Bonchev–Trinajstić information content (AvgIpc) is 2.36. The molecular weight excluding hydrogens is 290 g/mol. The Morgan fingerprint density at radius 3 is 2.43 bits per heavy atom. The summed E-state index contributed by atoms with van der Waals surface area (Å²) in [7, 11) is -0.543. The number of anilines is 2. The standard InChI is InChI=1S/C14H25N3O3S/c1-10(2)7-11(18)9-16-14-6-5-12(8-13(14)15)21(19,20)17(3)4/h5-6,8,10-11,16,18H,7,9,15H2,1-4H3. The van der Waals surface area contributed by atoms with Crippen LogP contribution in [-0.4, -0.2) is 44.6 Å². The Bertz CT molecular complexity index is 571. The first-order valence-electron chi connectivity index (χ1n) is 6.88. The lowest BCUT2D eigenvalue weighted by atomic mass is 10.1. The highest BCUT2D eigenvalue weighted by atomic mass is 32.2. The second-order valence-electron chi connectivity index (χ2n) is 5.70. The molecule has 0 aromatic heterocycles. The summed E-state index contributed by atoms with van der Waals surface area (Å²) in [5.74, 6) is 0.409. The molecule has 7 heteroatoms. The van der Waals surface area contributed by atoms with Crippen LogP contribution in [0.15, 0.2) is 23.1 Å². The van der Waals surface area contributed by atoms with E-state index in [1.54, 1.807) is 6.07 Å². The molecule has 0 aliphatic heterocycles. The van der Waals surface area contributed by atoms with Crippen LogP contribution >= 0.6 is 0 Å². The molecule has 1 unspecified atom stereocenters. The molecule has 21 heavy (non-hydrogen) atoms. The number of benzene rings is 1. The number of nitrogens with two attached hydrogens (primary N) is 1. The first kappa shape index (κ1) is 17.7. The van der Waals surface area contributed by atoms with Crippen molar-refractivity contribution in [3.8, 4) is 0 Å². The molecule has 0 fully saturated rings. The van der Waals surface area contributed by atoms with Gasteiger partial charge in [0.15, 0.2) is 0 Å². The number of nitrogens with one attached hydrogen (secondary N) is 1. The van der Waals surface area contributed by atoms with Gasteiger partial charge in [-0.1, -0.05) is 13.8 Å². The Morgan fingerprint density at radius 1 is 1.33 bits per heavy atom. The highest BCUT2D eigenvalue weighted by Crippen LogP contribution is 2.24. The first-order chi connectivity index (χ1) is 9.64. The lowest BCUT2D eigenvalue weighted by molar-refractivity contribution is 0.161. The maximum absolute atomic E-state index is 12.0. The van der Waals surface area contributed by atoms with Gasteiger partial charge in [0.25, 0.3) is 0 Å². The molecule has 0 bridgehead atoms. The maximum Gasteiger partial charge on any atom is 0.242 e. The van der Waals surface area contributed by atoms with Gasteiger partial charge < -0.3 is 16.2 Å². The summed E-state index contributed by atoms with van der Waals surface area (Å²) in [5, 5.41) is 12.9. The summed E-state index contributed by atoms with van der Waals surface area (Å²) < 4.78 is 25.1. The molecule has 0 radical (unpaired) electrons. The summed E-state index contributed by atoms with van der Waals surface area (Å²) in [4.78, 5) is 0.151. The van der Waals surface area contributed by atoms with E-state index in [9.17, 15) is 13.5 Å². The number of nitrogen functional groups attached to an aromatic ring is 1. The Labute approximate surface area is 127 Å². The third-order valence-electron chi connectivity index (χ3n) is 3.07. The number of nitrogens with zero attached hydrogens (tertiary/aromatic N) is 1. The van der Waals surface area contributed by atoms with Gasteiger partial charge in [-0.15, -0.1) is 0 Å². The molecule has 0 aliphatic carbocycles. The van der Waals surface area contributed by atoms with Crippen LogP contribution in [0.2, 0.25) is 0 Å². The monoisotopic (exact) mass is 315 g/mol. The SMILES string of the molecule is CC(C)CC(O)CNc1ccc(S(=O)(=O)N(C)C)cc1N. The largest absolute Gasteiger partial charge is 0.397 e. The zero-order valence-corrected chi connectivity index (χ0v) is 13.8. The zero-order valence-electron chi connectivity index (χ0n) is 13.0. The predicted molar refractivity (Wildman–Crippen MR) is 85.7 cm³/mol. The summed E-state index contributed by atoms with van der Waals surface area (Å²) in [6.07, 6.45) is 0.231. The van der Waals surface area contributed by atoms with Gasteiger partial charge in [-0.2, -0.15) is 0 Å². The van der Waals surface area contributed by atoms with Crippen molar-refractivity contribution in [2.45, 2.75) is 31.3 Å². The molecule has 0 heterocycles. The van der Waals surface area contributed by atoms with Crippen molar-refractivity contribution >= 4 is 21.4 Å². The van der Waals surface area contributed by atoms with Gasteiger partial charge in [-0.05, 0) is 30.5 Å². The van der Waals surface area contributed by atoms with E-state index >= 15 is 0 Å². The Balaban J connectivity index is 2.80. The Morgan fingerprint density at radius 2 is 1.95 bits per heavy atom. The quantitative estimate of drug-likeness (QED) is 0.660. The molecule has 0 spiro atoms. The van der Waals surface area contributed by atoms with Crippen LogP contribution in [0, 0.1) is 5.92 Å². The molecule has 1 rings (SSSR count). The predicted octanol–water partition coefficient (Wildman–Crippen LogP) is 1.34. The Hall–Kier alpha value is -1.31. The molecule has 0 amide bonds. The molecule has 1 atom stereocenters. The minimum absolute atomic E-state index is 0.151. The van der Waals surface area contributed by atoms with Crippen molar-refractivity contribution in [3.05, 3.63) is 18.2 Å². The fourth-order valence-corrected chi connectivity index (χ4v) is 2.87. The van der Waals surface area contributed by atoms with Crippen LogP contribution in [0.3, 0.4) is 0 Å². The zero-order chi connectivity index (χ0) is 16.2. The fraction of sp³-hybridized carbons (Fsp3) is 0.571. The van der Waals surface area contributed by atoms with Gasteiger partial charge in [0.1, 0.15) is 0 Å². The van der Waals surface area contributed by atoms with Crippen LogP contribution in [0.4, 0.5) is 11.4 Å². The average molecular weight is 315 g/mol. The molecule has 1 aromatic rings. The molecule has 120 valence electrons. The lowest BCUT2D eigenvalue weighted by Crippen LogP contribution is -2.23. The normalized spacial score (nSPS) is 13.7. The molecular formula is C14H25N3O3S. The van der Waals surface area contributed by atoms with E-state index in [2.05, 4.69) is 5.32 Å². The van der Waals surface area contributed by atoms with Gasteiger partial charge in [-0.25, -0.2) is 12.7 Å². The van der Waals surface area contributed by atoms with Crippen LogP contribution in [-0.2, 0) is 10.0 Å². The number of rotatable bonds is 7. The van der Waals surface area contributed by atoms with Crippen molar-refractivity contribution in [2.24, 2.45) is 5.92 Å². The van der Waals surface area contributed by atoms with E-state index in [1.165, 1.54) is 26.2 Å². The Kier molecular flexibility index (Phi) is 6.00. The van der Waals surface area contributed by atoms with Crippen LogP contribution in [0.1, 0.15) is 20.3 Å². The highest BCUT2D eigenvalue weighted by Gasteiger charge is 2.18. The van der Waals surface area contributed by atoms with Crippen molar-refractivity contribution in [3.63, 3.8) is 0 Å². The van der Waals surface area contributed by atoms with Gasteiger partial charge in [0.2, 0.25) is 10.0 Å². The number of hydrogen-bond donors (Lipinski definition) is 3. The van der Waals surface area contributed by atoms with Crippen molar-refractivity contribution in [1.82, 2.24) is 4.31 Å². The van der Waals surface area contributed by atoms with Crippen LogP contribution in [0.25, 0.3) is 0 Å². The summed E-state index contributed by atoms with van der Waals surface area (Å²) in [6, 6.07) is 4.54. The smallest absolute Gasteiger partial charge is 0.242 e. The summed E-state index contributed by atoms with van der Waals surface area (Å²) in [5.41, 5.74) is 6.84. The van der Waals surface area contributed by atoms with E-state index in [1.807, 2.05) is 13.8 Å². The molecule has 0 saturated heterocycles. The molecule has 6 nitrogen and oxygen atoms in total. The van der Waals surface area contributed by atoms with E-state index < -0.39 is 16.1 Å². The fourth-order valence-electron chi connectivity index (χ4n) is 1.93. The van der Waals surface area contributed by atoms with E-state index in [4.69, 9.17) is 5.73 Å². The van der Waals surface area contributed by atoms with Gasteiger partial charge >= 0.3 is 0 Å². The first-order valence-corrected chi connectivity index (χ1v) is 8.32. The van der Waals surface area contributed by atoms with Crippen molar-refractivity contribution < 1.29 is 13.5 Å². The molecule has 0 saturated carbocycles. The second-order valence-corrected chi connectivity index (χ2v) is 7.85. The minimum atomic E-state index is -3.49. The van der Waals surface area contributed by atoms with Gasteiger partial charge in [0, 0.05) is 20.6 Å². The van der Waals surface area contributed by atoms with Gasteiger partial charge in [-0.3, -0.25) is 0 Å². The van der Waals surface area contributed by atoms with E-state index in [0.29, 0.717) is 30.3 Å². The third-order valence-corrected chi connectivity index (χ3v) is 4.88. The summed E-state index contributed by atoms with van der Waals surface area (Å²) in [6.45, 7) is 4.46. The van der Waals surface area contributed by atoms with Crippen molar-refractivity contribution in [2.75, 3.05) is 31.7 Å². The van der Waals surface area contributed by atoms with Crippen LogP contribution in [0.5, 0.6) is 0 Å². The van der Waals surface area contributed by atoms with E-state index in [-0.39, 0.29) is 4.90 Å². The number of hydrogen-bond acceptors (Lipinski definition) is 5. The van der Waals surface area contributed by atoms with E-state index in [0.717, 1.165) is 4.31 Å². The minimum Gasteiger partial charge on any atom is -0.397 e. The maximum atomic E-state index is 12.0. The molecule has 1 aromatic carbocycles. The summed E-state index contributed by atoms with van der Waals surface area (Å²) >= 11 is 0. The number of aliphatic hydroxyl groups excluding tert-OH is 1. The lowest BCUT2D eigenvalue weighted by Gasteiger charge is -2.17. The highest BCUT2D eigenvalue weighted by molar-refractivity contribution is 7.89. The van der Waals surface area contributed by atoms with Crippen molar-refractivity contribution in [1.29, 1.82) is 0 Å². The topological polar surface area (TPSA) is 95.7 Å². The molecule has 4 N–H and O–H groups in total. The second kappa shape index (κ2) is 7.11. The third kappa shape index (κ3) is 4.87. The molecule has 0 aliphatic rings. The van der Waals surface area contributed by atoms with Gasteiger partial charge in [0.05, 0.1) is 22.4 Å². The number of aliphatic hydroxyl groups is 1.